The van der Waals surface area contributed by atoms with E-state index in [-0.39, 0.29) is 12.4 Å². The zero-order chi connectivity index (χ0) is 16.2. The van der Waals surface area contributed by atoms with Crippen molar-refractivity contribution in [1.29, 1.82) is 5.26 Å². The third-order valence-electron chi connectivity index (χ3n) is 3.61. The summed E-state index contributed by atoms with van der Waals surface area (Å²) in [6.45, 7) is 0.527. The van der Waals surface area contributed by atoms with Crippen LogP contribution < -0.4 is 10.1 Å². The van der Waals surface area contributed by atoms with E-state index >= 15 is 0 Å². The molecular weight excluding hydrogens is 345 g/mol. The Morgan fingerprint density at radius 1 is 1.25 bits per heavy atom. The van der Waals surface area contributed by atoms with Gasteiger partial charge in [0.05, 0.1) is 23.9 Å². The molecule has 0 amide bonds. The van der Waals surface area contributed by atoms with Gasteiger partial charge in [0.2, 0.25) is 0 Å². The van der Waals surface area contributed by atoms with E-state index in [1.807, 2.05) is 42.5 Å². The first-order chi connectivity index (χ1) is 11.2. The van der Waals surface area contributed by atoms with Gasteiger partial charge >= 0.3 is 0 Å². The molecule has 1 aromatic heterocycles. The van der Waals surface area contributed by atoms with Crippen LogP contribution in [0.25, 0.3) is 10.9 Å². The molecule has 4 nitrogen and oxygen atoms in total. The van der Waals surface area contributed by atoms with Gasteiger partial charge in [-0.2, -0.15) is 5.26 Å². The molecule has 0 spiro atoms. The number of aromatic nitrogens is 1. The van der Waals surface area contributed by atoms with Gasteiger partial charge in [-0.3, -0.25) is 4.98 Å². The molecule has 0 radical (unpaired) electrons. The number of methoxy groups -OCH3 is 1. The van der Waals surface area contributed by atoms with Crippen LogP contribution in [0.1, 0.15) is 11.1 Å². The van der Waals surface area contributed by atoms with Crippen LogP contribution in [-0.2, 0) is 6.54 Å². The Morgan fingerprint density at radius 3 is 2.75 bits per heavy atom. The molecule has 3 rings (SSSR count). The van der Waals surface area contributed by atoms with Crippen LogP contribution in [0.2, 0.25) is 5.02 Å². The first-order valence-electron chi connectivity index (χ1n) is 7.07. The lowest BCUT2D eigenvalue weighted by atomic mass is 10.1. The van der Waals surface area contributed by atoms with E-state index in [2.05, 4.69) is 16.4 Å². The van der Waals surface area contributed by atoms with Crippen molar-refractivity contribution in [3.8, 4) is 11.8 Å². The molecule has 1 heterocycles. The molecule has 3 aromatic rings. The molecule has 0 aliphatic rings. The lowest BCUT2D eigenvalue weighted by molar-refractivity contribution is 0.415. The Hall–Kier alpha value is -2.48. The average Bonchev–Trinajstić information content (AvgIpc) is 2.60. The van der Waals surface area contributed by atoms with E-state index in [1.54, 1.807) is 13.3 Å². The quantitative estimate of drug-likeness (QED) is 0.726. The van der Waals surface area contributed by atoms with E-state index in [0.29, 0.717) is 17.1 Å². The van der Waals surface area contributed by atoms with Crippen LogP contribution >= 0.6 is 24.0 Å². The summed E-state index contributed by atoms with van der Waals surface area (Å²) in [7, 11) is 1.61. The van der Waals surface area contributed by atoms with Crippen LogP contribution in [0.3, 0.4) is 0 Å². The predicted octanol–water partition coefficient (Wildman–Crippen LogP) is 4.80. The van der Waals surface area contributed by atoms with Crippen molar-refractivity contribution in [2.24, 2.45) is 0 Å². The van der Waals surface area contributed by atoms with Crippen molar-refractivity contribution >= 4 is 40.6 Å². The number of hydrogen-bond donors (Lipinski definition) is 1. The highest BCUT2D eigenvalue weighted by Crippen LogP contribution is 2.29. The number of benzene rings is 2. The molecule has 0 fully saturated rings. The molecule has 0 unspecified atom stereocenters. The molecule has 0 bridgehead atoms. The molecule has 0 saturated heterocycles. The van der Waals surface area contributed by atoms with Crippen molar-refractivity contribution in [1.82, 2.24) is 4.98 Å². The van der Waals surface area contributed by atoms with Crippen molar-refractivity contribution < 1.29 is 4.74 Å². The highest BCUT2D eigenvalue weighted by Gasteiger charge is 2.10. The average molecular weight is 360 g/mol. The maximum Gasteiger partial charge on any atom is 0.121 e. The number of hydrogen-bond acceptors (Lipinski definition) is 4. The molecule has 0 atom stereocenters. The summed E-state index contributed by atoms with van der Waals surface area (Å²) in [5, 5.41) is 14.2. The summed E-state index contributed by atoms with van der Waals surface area (Å²) >= 11 is 6.19. The van der Waals surface area contributed by atoms with Gasteiger partial charge in [-0.25, -0.2) is 0 Å². The minimum atomic E-state index is 0. The fraction of sp³-hybridized carbons (Fsp3) is 0.111. The first-order valence-corrected chi connectivity index (χ1v) is 7.45. The third kappa shape index (κ3) is 3.53. The fourth-order valence-corrected chi connectivity index (χ4v) is 2.60. The summed E-state index contributed by atoms with van der Waals surface area (Å²) < 4.78 is 5.22. The van der Waals surface area contributed by atoms with Gasteiger partial charge in [-0.05, 0) is 23.8 Å². The second kappa shape index (κ2) is 7.87. The lowest BCUT2D eigenvalue weighted by Gasteiger charge is -2.13. The highest BCUT2D eigenvalue weighted by atomic mass is 35.5. The summed E-state index contributed by atoms with van der Waals surface area (Å²) in [5.41, 5.74) is 2.98. The van der Waals surface area contributed by atoms with Gasteiger partial charge in [0.1, 0.15) is 11.8 Å². The first kappa shape index (κ1) is 17.9. The van der Waals surface area contributed by atoms with Crippen LogP contribution in [0.15, 0.2) is 48.7 Å². The molecule has 1 N–H and O–H groups in total. The predicted molar refractivity (Wildman–Crippen MR) is 99.0 cm³/mol. The number of halogens is 2. The third-order valence-corrected chi connectivity index (χ3v) is 3.98. The number of anilines is 1. The maximum absolute atomic E-state index is 9.35. The SMILES string of the molecule is COc1ccc2c(NCc3ccccc3Cl)c(C#N)cnc2c1.Cl. The summed E-state index contributed by atoms with van der Waals surface area (Å²) in [4.78, 5) is 4.33. The van der Waals surface area contributed by atoms with Crippen LogP contribution in [-0.4, -0.2) is 12.1 Å². The largest absolute Gasteiger partial charge is 0.497 e. The normalized spacial score (nSPS) is 9.88. The number of rotatable bonds is 4. The molecule has 0 aliphatic carbocycles. The summed E-state index contributed by atoms with van der Waals surface area (Å²) in [5.74, 6) is 0.728. The van der Waals surface area contributed by atoms with Gasteiger partial charge in [0.15, 0.2) is 0 Å². The van der Waals surface area contributed by atoms with Crippen LogP contribution in [0, 0.1) is 11.3 Å². The van der Waals surface area contributed by atoms with E-state index in [9.17, 15) is 5.26 Å². The smallest absolute Gasteiger partial charge is 0.121 e. The fourth-order valence-electron chi connectivity index (χ4n) is 2.40. The van der Waals surface area contributed by atoms with Crippen LogP contribution in [0.5, 0.6) is 5.75 Å². The Balaban J connectivity index is 0.00000208. The molecule has 6 heteroatoms. The summed E-state index contributed by atoms with van der Waals surface area (Å²) in [6.07, 6.45) is 1.57. The highest BCUT2D eigenvalue weighted by molar-refractivity contribution is 6.31. The van der Waals surface area contributed by atoms with E-state index in [0.717, 1.165) is 27.9 Å². The number of nitriles is 1. The molecular formula is C18H15Cl2N3O. The number of nitrogens with zero attached hydrogens (tertiary/aromatic N) is 2. The molecule has 2 aromatic carbocycles. The Bertz CT molecular complexity index is 906. The maximum atomic E-state index is 9.35. The lowest BCUT2D eigenvalue weighted by Crippen LogP contribution is -2.03. The minimum Gasteiger partial charge on any atom is -0.497 e. The number of fused-ring (bicyclic) bond motifs is 1. The minimum absolute atomic E-state index is 0. The monoisotopic (exact) mass is 359 g/mol. The van der Waals surface area contributed by atoms with Crippen molar-refractivity contribution in [2.45, 2.75) is 6.54 Å². The van der Waals surface area contributed by atoms with Gasteiger partial charge in [-0.1, -0.05) is 29.8 Å². The van der Waals surface area contributed by atoms with Gasteiger partial charge in [0.25, 0.3) is 0 Å². The van der Waals surface area contributed by atoms with Gasteiger partial charge in [-0.15, -0.1) is 12.4 Å². The number of pyridine rings is 1. The molecule has 122 valence electrons. The molecule has 0 saturated carbocycles. The standard InChI is InChI=1S/C18H14ClN3O.ClH/c1-23-14-6-7-15-17(8-14)21-11-13(9-20)18(15)22-10-12-4-2-3-5-16(12)19;/h2-8,11H,10H2,1H3,(H,21,22);1H. The van der Waals surface area contributed by atoms with Crippen molar-refractivity contribution in [3.05, 3.63) is 64.8 Å². The second-order valence-electron chi connectivity index (χ2n) is 4.99. The van der Waals surface area contributed by atoms with Crippen molar-refractivity contribution in [3.63, 3.8) is 0 Å². The molecule has 0 aliphatic heterocycles. The van der Waals surface area contributed by atoms with Crippen LogP contribution in [0.4, 0.5) is 5.69 Å². The zero-order valence-electron chi connectivity index (χ0n) is 12.9. The van der Waals surface area contributed by atoms with E-state index < -0.39 is 0 Å². The summed E-state index contributed by atoms with van der Waals surface area (Å²) in [6, 6.07) is 15.4. The van der Waals surface area contributed by atoms with Crippen molar-refractivity contribution in [2.75, 3.05) is 12.4 Å². The topological polar surface area (TPSA) is 57.9 Å². The second-order valence-corrected chi connectivity index (χ2v) is 5.39. The van der Waals surface area contributed by atoms with Gasteiger partial charge in [0, 0.05) is 29.2 Å². The Morgan fingerprint density at radius 2 is 2.04 bits per heavy atom. The Kier molecular flexibility index (Phi) is 5.86. The number of nitrogens with one attached hydrogen (secondary N) is 1. The molecule has 24 heavy (non-hydrogen) atoms. The zero-order valence-corrected chi connectivity index (χ0v) is 14.5. The van der Waals surface area contributed by atoms with Gasteiger partial charge < -0.3 is 10.1 Å². The van der Waals surface area contributed by atoms with E-state index in [1.165, 1.54) is 0 Å². The van der Waals surface area contributed by atoms with E-state index in [4.69, 9.17) is 16.3 Å². The number of ether oxygens (including phenoxy) is 1. The Labute approximate surface area is 151 Å².